The number of sulfonamides is 1. The van der Waals surface area contributed by atoms with Crippen LogP contribution in [0.1, 0.15) is 30.0 Å². The standard InChI is InChI=1S/C29H30ClF4N3O4S/c1-3-15-35-28(39)26(16-20-9-5-4-6-10-20)36(18-21-11-7-8-12-25(21)31)27(38)19-37(42(2,40)41)22-13-14-24(30)23(17-22)29(32,33)34/h4-14,17,26H,3,15-16,18-19H2,1-2H3,(H,35,39)/t26-/m0/s1. The SMILES string of the molecule is CCCNC(=O)[C@H](Cc1ccccc1)N(Cc1ccccc1F)C(=O)CN(c1ccc(Cl)c(C(F)(F)F)c1)S(C)(=O)=O. The van der Waals surface area contributed by atoms with Gasteiger partial charge in [-0.2, -0.15) is 13.2 Å². The molecule has 0 aliphatic heterocycles. The van der Waals surface area contributed by atoms with Crippen LogP contribution in [0.25, 0.3) is 0 Å². The van der Waals surface area contributed by atoms with E-state index in [9.17, 15) is 35.6 Å². The lowest BCUT2D eigenvalue weighted by Crippen LogP contribution is -2.53. The van der Waals surface area contributed by atoms with Gasteiger partial charge in [0.1, 0.15) is 18.4 Å². The zero-order chi connectivity index (χ0) is 31.1. The first-order valence-corrected chi connectivity index (χ1v) is 15.1. The smallest absolute Gasteiger partial charge is 0.354 e. The quantitative estimate of drug-likeness (QED) is 0.271. The van der Waals surface area contributed by atoms with Gasteiger partial charge in [0.2, 0.25) is 21.8 Å². The summed E-state index contributed by atoms with van der Waals surface area (Å²) in [6, 6.07) is 15.6. The van der Waals surface area contributed by atoms with Gasteiger partial charge in [-0.1, -0.05) is 67.1 Å². The zero-order valence-electron chi connectivity index (χ0n) is 22.9. The molecule has 3 aromatic rings. The topological polar surface area (TPSA) is 86.8 Å². The zero-order valence-corrected chi connectivity index (χ0v) is 24.4. The minimum Gasteiger partial charge on any atom is -0.354 e. The maximum atomic E-state index is 14.8. The van der Waals surface area contributed by atoms with E-state index in [0.717, 1.165) is 23.3 Å². The maximum absolute atomic E-state index is 14.8. The highest BCUT2D eigenvalue weighted by atomic mass is 35.5. The number of nitrogens with one attached hydrogen (secondary N) is 1. The second-order valence-electron chi connectivity index (χ2n) is 9.54. The van der Waals surface area contributed by atoms with E-state index in [4.69, 9.17) is 11.6 Å². The fourth-order valence-corrected chi connectivity index (χ4v) is 5.30. The Bertz CT molecular complexity index is 1500. The van der Waals surface area contributed by atoms with E-state index in [2.05, 4.69) is 5.32 Å². The Morgan fingerprint density at radius 1 is 1.00 bits per heavy atom. The van der Waals surface area contributed by atoms with Crippen molar-refractivity contribution in [2.75, 3.05) is 23.7 Å². The average Bonchev–Trinajstić information content (AvgIpc) is 2.93. The van der Waals surface area contributed by atoms with Crippen molar-refractivity contribution < 1.29 is 35.6 Å². The molecule has 0 spiro atoms. The van der Waals surface area contributed by atoms with Crippen LogP contribution in [0.2, 0.25) is 5.02 Å². The largest absolute Gasteiger partial charge is 0.417 e. The molecule has 7 nitrogen and oxygen atoms in total. The predicted octanol–water partition coefficient (Wildman–Crippen LogP) is 5.43. The Morgan fingerprint density at radius 2 is 1.64 bits per heavy atom. The van der Waals surface area contributed by atoms with Crippen LogP contribution in [-0.2, 0) is 38.8 Å². The summed E-state index contributed by atoms with van der Waals surface area (Å²) in [6.45, 7) is 0.750. The predicted molar refractivity (Wildman–Crippen MR) is 153 cm³/mol. The summed E-state index contributed by atoms with van der Waals surface area (Å²) in [5.74, 6) is -2.14. The number of benzene rings is 3. The number of halogens is 5. The molecule has 0 radical (unpaired) electrons. The Morgan fingerprint density at radius 3 is 2.24 bits per heavy atom. The summed E-state index contributed by atoms with van der Waals surface area (Å²) >= 11 is 5.71. The molecule has 42 heavy (non-hydrogen) atoms. The lowest BCUT2D eigenvalue weighted by atomic mass is 10.0. The van der Waals surface area contributed by atoms with Crippen molar-refractivity contribution in [2.24, 2.45) is 0 Å². The minimum absolute atomic E-state index is 0.00855. The van der Waals surface area contributed by atoms with Gasteiger partial charge in [0, 0.05) is 25.1 Å². The van der Waals surface area contributed by atoms with Gasteiger partial charge in [-0.15, -0.1) is 0 Å². The highest BCUT2D eigenvalue weighted by molar-refractivity contribution is 7.92. The van der Waals surface area contributed by atoms with Gasteiger partial charge in [0.15, 0.2) is 0 Å². The van der Waals surface area contributed by atoms with Gasteiger partial charge in [0.25, 0.3) is 0 Å². The number of anilines is 1. The van der Waals surface area contributed by atoms with Crippen LogP contribution in [0.15, 0.2) is 72.8 Å². The third-order valence-electron chi connectivity index (χ3n) is 6.34. The molecule has 0 fully saturated rings. The third-order valence-corrected chi connectivity index (χ3v) is 7.81. The molecule has 0 unspecified atom stereocenters. The molecule has 2 amide bonds. The van der Waals surface area contributed by atoms with Crippen LogP contribution in [0.5, 0.6) is 0 Å². The summed E-state index contributed by atoms with van der Waals surface area (Å²) in [5.41, 5.74) is -1.01. The van der Waals surface area contributed by atoms with Crippen molar-refractivity contribution in [3.63, 3.8) is 0 Å². The van der Waals surface area contributed by atoms with Gasteiger partial charge < -0.3 is 10.2 Å². The molecule has 226 valence electrons. The van der Waals surface area contributed by atoms with Crippen molar-refractivity contribution in [1.29, 1.82) is 0 Å². The minimum atomic E-state index is -4.89. The second-order valence-corrected chi connectivity index (χ2v) is 11.9. The molecular formula is C29H30ClF4N3O4S. The van der Waals surface area contributed by atoms with Crippen molar-refractivity contribution in [3.8, 4) is 0 Å². The molecule has 13 heteroatoms. The molecule has 1 atom stereocenters. The summed E-state index contributed by atoms with van der Waals surface area (Å²) in [4.78, 5) is 28.4. The summed E-state index contributed by atoms with van der Waals surface area (Å²) in [6.07, 6.45) is -3.56. The molecule has 0 saturated heterocycles. The summed E-state index contributed by atoms with van der Waals surface area (Å²) < 4.78 is 81.5. The number of alkyl halides is 3. The first-order chi connectivity index (χ1) is 19.7. The van der Waals surface area contributed by atoms with Crippen molar-refractivity contribution in [2.45, 2.75) is 38.5 Å². The van der Waals surface area contributed by atoms with Gasteiger partial charge in [0.05, 0.1) is 22.5 Å². The Labute approximate surface area is 247 Å². The number of hydrogen-bond acceptors (Lipinski definition) is 4. The number of hydrogen-bond donors (Lipinski definition) is 1. The fourth-order valence-electron chi connectivity index (χ4n) is 4.23. The first-order valence-electron chi connectivity index (χ1n) is 12.9. The first kappa shape index (κ1) is 32.9. The normalized spacial score (nSPS) is 12.5. The summed E-state index contributed by atoms with van der Waals surface area (Å²) in [5, 5.41) is 2.09. The number of rotatable bonds is 12. The van der Waals surface area contributed by atoms with E-state index in [1.165, 1.54) is 18.2 Å². The number of carbonyl (C=O) groups excluding carboxylic acids is 2. The molecule has 0 aromatic heterocycles. The van der Waals surface area contributed by atoms with Gasteiger partial charge in [-0.25, -0.2) is 12.8 Å². The van der Waals surface area contributed by atoms with Gasteiger partial charge in [-0.3, -0.25) is 13.9 Å². The molecule has 3 rings (SSSR count). The van der Waals surface area contributed by atoms with E-state index >= 15 is 0 Å². The number of nitrogens with zero attached hydrogens (tertiary/aromatic N) is 2. The summed E-state index contributed by atoms with van der Waals surface area (Å²) in [7, 11) is -4.32. The van der Waals surface area contributed by atoms with Gasteiger partial charge in [-0.05, 0) is 36.2 Å². The third kappa shape index (κ3) is 8.68. The molecular weight excluding hydrogens is 598 g/mol. The van der Waals surface area contributed by atoms with Crippen LogP contribution >= 0.6 is 11.6 Å². The van der Waals surface area contributed by atoms with E-state index < -0.39 is 69.2 Å². The lowest BCUT2D eigenvalue weighted by Gasteiger charge is -2.33. The van der Waals surface area contributed by atoms with E-state index in [1.807, 2.05) is 6.92 Å². The Kier molecular flexibility index (Phi) is 11.0. The fraction of sp³-hybridized carbons (Fsp3) is 0.310. The van der Waals surface area contributed by atoms with E-state index in [-0.39, 0.29) is 18.5 Å². The van der Waals surface area contributed by atoms with Crippen molar-refractivity contribution in [1.82, 2.24) is 10.2 Å². The van der Waals surface area contributed by atoms with Crippen LogP contribution < -0.4 is 9.62 Å². The maximum Gasteiger partial charge on any atom is 0.417 e. The number of amides is 2. The Balaban J connectivity index is 2.10. The van der Waals surface area contributed by atoms with E-state index in [1.54, 1.807) is 36.4 Å². The molecule has 3 aromatic carbocycles. The van der Waals surface area contributed by atoms with Crippen LogP contribution in [0, 0.1) is 5.82 Å². The second kappa shape index (κ2) is 14.0. The molecule has 0 bridgehead atoms. The number of carbonyl (C=O) groups is 2. The highest BCUT2D eigenvalue weighted by Gasteiger charge is 2.36. The van der Waals surface area contributed by atoms with E-state index in [0.29, 0.717) is 22.4 Å². The molecule has 0 aliphatic rings. The van der Waals surface area contributed by atoms with Crippen molar-refractivity contribution >= 4 is 39.1 Å². The molecule has 0 aliphatic carbocycles. The van der Waals surface area contributed by atoms with Crippen LogP contribution in [-0.4, -0.2) is 50.5 Å². The molecule has 0 heterocycles. The highest BCUT2D eigenvalue weighted by Crippen LogP contribution is 2.37. The average molecular weight is 628 g/mol. The van der Waals surface area contributed by atoms with Crippen molar-refractivity contribution in [3.05, 3.63) is 100 Å². The molecule has 0 saturated carbocycles. The molecule has 1 N–H and O–H groups in total. The van der Waals surface area contributed by atoms with Crippen LogP contribution in [0.3, 0.4) is 0 Å². The van der Waals surface area contributed by atoms with Gasteiger partial charge >= 0.3 is 6.18 Å². The lowest BCUT2D eigenvalue weighted by molar-refractivity contribution is -0.140. The monoisotopic (exact) mass is 627 g/mol. The van der Waals surface area contributed by atoms with Crippen LogP contribution in [0.4, 0.5) is 23.2 Å². The Hall–Kier alpha value is -3.64.